The van der Waals surface area contributed by atoms with Crippen LogP contribution in [-0.4, -0.2) is 34.6 Å². The van der Waals surface area contributed by atoms with Gasteiger partial charge >= 0.3 is 0 Å². The molecule has 0 aliphatic heterocycles. The maximum Gasteiger partial charge on any atom is 0.243 e. The smallest absolute Gasteiger partial charge is 0.243 e. The van der Waals surface area contributed by atoms with E-state index < -0.39 is 6.04 Å². The summed E-state index contributed by atoms with van der Waals surface area (Å²) in [5, 5.41) is 3.25. The van der Waals surface area contributed by atoms with Crippen molar-refractivity contribution in [3.63, 3.8) is 0 Å². The van der Waals surface area contributed by atoms with Crippen LogP contribution in [-0.2, 0) is 21.9 Å². The summed E-state index contributed by atoms with van der Waals surface area (Å²) >= 11 is 1.62. The van der Waals surface area contributed by atoms with Gasteiger partial charge in [0.15, 0.2) is 0 Å². The second kappa shape index (κ2) is 12.8. The van der Waals surface area contributed by atoms with Gasteiger partial charge in [-0.3, -0.25) is 9.59 Å². The van der Waals surface area contributed by atoms with Gasteiger partial charge in [0, 0.05) is 18.3 Å². The highest BCUT2D eigenvalue weighted by Crippen LogP contribution is 2.21. The van der Waals surface area contributed by atoms with Crippen LogP contribution < -0.4 is 5.32 Å². The normalized spacial score (nSPS) is 15.1. The lowest BCUT2D eigenvalue weighted by molar-refractivity contribution is -0.139. The zero-order valence-corrected chi connectivity index (χ0v) is 21.1. The topological polar surface area (TPSA) is 49.4 Å². The van der Waals surface area contributed by atoms with Crippen molar-refractivity contribution in [2.45, 2.75) is 83.7 Å². The summed E-state index contributed by atoms with van der Waals surface area (Å²) < 4.78 is 0. The lowest BCUT2D eigenvalue weighted by Crippen LogP contribution is -2.52. The zero-order chi connectivity index (χ0) is 23.6. The zero-order valence-electron chi connectivity index (χ0n) is 20.3. The van der Waals surface area contributed by atoms with Gasteiger partial charge in [0.1, 0.15) is 6.04 Å². The third-order valence-corrected chi connectivity index (χ3v) is 7.50. The van der Waals surface area contributed by atoms with Crippen molar-refractivity contribution in [2.24, 2.45) is 0 Å². The second-order valence-electron chi connectivity index (χ2n) is 9.20. The van der Waals surface area contributed by atoms with Gasteiger partial charge in [-0.25, -0.2) is 0 Å². The SMILES string of the molecule is CC[C@@H](C(=O)NC1CCCCC1)N(Cc1ccccc1C)C(=O)CSCc1cccc(C)c1. The van der Waals surface area contributed by atoms with Gasteiger partial charge in [-0.2, -0.15) is 0 Å². The van der Waals surface area contributed by atoms with E-state index in [1.807, 2.05) is 24.0 Å². The van der Waals surface area contributed by atoms with Crippen LogP contribution in [0.1, 0.15) is 67.7 Å². The van der Waals surface area contributed by atoms with Gasteiger partial charge in [0.05, 0.1) is 5.75 Å². The molecule has 2 aromatic carbocycles. The predicted octanol–water partition coefficient (Wildman–Crippen LogP) is 5.79. The van der Waals surface area contributed by atoms with Gasteiger partial charge in [0.2, 0.25) is 11.8 Å². The second-order valence-corrected chi connectivity index (χ2v) is 10.2. The molecule has 0 bridgehead atoms. The molecule has 178 valence electrons. The first-order chi connectivity index (χ1) is 16.0. The lowest BCUT2D eigenvalue weighted by Gasteiger charge is -2.33. The molecule has 1 N–H and O–H groups in total. The Balaban J connectivity index is 1.71. The average Bonchev–Trinajstić information content (AvgIpc) is 2.81. The molecule has 1 saturated carbocycles. The molecule has 0 radical (unpaired) electrons. The third-order valence-electron chi connectivity index (χ3n) is 6.52. The maximum absolute atomic E-state index is 13.4. The Labute approximate surface area is 203 Å². The van der Waals surface area contributed by atoms with Gasteiger partial charge < -0.3 is 10.2 Å². The molecule has 0 heterocycles. The van der Waals surface area contributed by atoms with Crippen LogP contribution in [0.5, 0.6) is 0 Å². The number of carbonyl (C=O) groups is 2. The third kappa shape index (κ3) is 7.63. The van der Waals surface area contributed by atoms with Crippen molar-refractivity contribution in [1.82, 2.24) is 10.2 Å². The highest BCUT2D eigenvalue weighted by atomic mass is 32.2. The molecule has 0 aromatic heterocycles. The number of amides is 2. The van der Waals surface area contributed by atoms with Gasteiger partial charge in [-0.1, -0.05) is 80.3 Å². The van der Waals surface area contributed by atoms with Crippen molar-refractivity contribution in [3.8, 4) is 0 Å². The number of benzene rings is 2. The molecule has 2 amide bonds. The number of nitrogens with one attached hydrogen (secondary N) is 1. The van der Waals surface area contributed by atoms with Crippen LogP contribution in [0.2, 0.25) is 0 Å². The first kappa shape index (κ1) is 25.4. The van der Waals surface area contributed by atoms with Crippen molar-refractivity contribution >= 4 is 23.6 Å². The number of nitrogens with zero attached hydrogens (tertiary/aromatic N) is 1. The Morgan fingerprint density at radius 2 is 1.82 bits per heavy atom. The Morgan fingerprint density at radius 3 is 2.52 bits per heavy atom. The minimum atomic E-state index is -0.446. The van der Waals surface area contributed by atoms with E-state index in [0.29, 0.717) is 18.7 Å². The van der Waals surface area contributed by atoms with Crippen molar-refractivity contribution in [2.75, 3.05) is 5.75 Å². The quantitative estimate of drug-likeness (QED) is 0.482. The largest absolute Gasteiger partial charge is 0.352 e. The fraction of sp³-hybridized carbons (Fsp3) is 0.500. The molecule has 1 aliphatic carbocycles. The van der Waals surface area contributed by atoms with Crippen molar-refractivity contribution < 1.29 is 9.59 Å². The molecular weight excluding hydrogens is 428 g/mol. The van der Waals surface area contributed by atoms with E-state index >= 15 is 0 Å². The van der Waals surface area contributed by atoms with E-state index in [9.17, 15) is 9.59 Å². The number of aryl methyl sites for hydroxylation is 2. The van der Waals surface area contributed by atoms with E-state index in [0.717, 1.165) is 29.7 Å². The van der Waals surface area contributed by atoms with Crippen LogP contribution in [0.4, 0.5) is 0 Å². The fourth-order valence-electron chi connectivity index (χ4n) is 4.58. The summed E-state index contributed by atoms with van der Waals surface area (Å²) in [6, 6.07) is 16.3. The average molecular weight is 467 g/mol. The Kier molecular flexibility index (Phi) is 9.86. The molecule has 0 spiro atoms. The first-order valence-corrected chi connectivity index (χ1v) is 13.4. The molecule has 1 aliphatic rings. The minimum Gasteiger partial charge on any atom is -0.352 e. The summed E-state index contributed by atoms with van der Waals surface area (Å²) in [6.45, 7) is 6.61. The molecule has 0 unspecified atom stereocenters. The highest BCUT2D eigenvalue weighted by molar-refractivity contribution is 7.99. The Hall–Kier alpha value is -2.27. The molecule has 3 rings (SSSR count). The summed E-state index contributed by atoms with van der Waals surface area (Å²) in [7, 11) is 0. The number of carbonyl (C=O) groups excluding carboxylic acids is 2. The van der Waals surface area contributed by atoms with Crippen molar-refractivity contribution in [1.29, 1.82) is 0 Å². The number of thioether (sulfide) groups is 1. The van der Waals surface area contributed by atoms with Crippen LogP contribution >= 0.6 is 11.8 Å². The number of hydrogen-bond acceptors (Lipinski definition) is 3. The van der Waals surface area contributed by atoms with E-state index in [-0.39, 0.29) is 17.9 Å². The van der Waals surface area contributed by atoms with Crippen LogP contribution in [0.3, 0.4) is 0 Å². The van der Waals surface area contributed by atoms with Gasteiger partial charge in [0.25, 0.3) is 0 Å². The van der Waals surface area contributed by atoms with Gasteiger partial charge in [-0.05, 0) is 49.8 Å². The van der Waals surface area contributed by atoms with Crippen LogP contribution in [0.15, 0.2) is 48.5 Å². The lowest BCUT2D eigenvalue weighted by atomic mass is 9.95. The number of rotatable bonds is 10. The van der Waals surface area contributed by atoms with E-state index in [1.54, 1.807) is 11.8 Å². The summed E-state index contributed by atoms with van der Waals surface area (Å²) in [5.41, 5.74) is 4.69. The molecule has 1 fully saturated rings. The predicted molar refractivity (Wildman–Crippen MR) is 138 cm³/mol. The first-order valence-electron chi connectivity index (χ1n) is 12.3. The van der Waals surface area contributed by atoms with E-state index in [2.05, 4.69) is 55.6 Å². The molecular formula is C28H38N2O2S. The summed E-state index contributed by atoms with van der Waals surface area (Å²) in [6.07, 6.45) is 6.28. The van der Waals surface area contributed by atoms with E-state index in [4.69, 9.17) is 0 Å². The fourth-order valence-corrected chi connectivity index (χ4v) is 5.43. The monoisotopic (exact) mass is 466 g/mol. The molecule has 1 atom stereocenters. The minimum absolute atomic E-state index is 0.00461. The van der Waals surface area contributed by atoms with Crippen LogP contribution in [0.25, 0.3) is 0 Å². The highest BCUT2D eigenvalue weighted by Gasteiger charge is 2.30. The summed E-state index contributed by atoms with van der Waals surface area (Å²) in [5.74, 6) is 1.18. The van der Waals surface area contributed by atoms with Crippen LogP contribution in [0, 0.1) is 13.8 Å². The Morgan fingerprint density at radius 1 is 1.06 bits per heavy atom. The van der Waals surface area contributed by atoms with Crippen molar-refractivity contribution in [3.05, 3.63) is 70.8 Å². The number of hydrogen-bond donors (Lipinski definition) is 1. The standard InChI is InChI=1S/C28H38N2O2S/c1-4-26(28(32)29-25-15-6-5-7-16-25)30(18-24-14-9-8-12-22(24)3)27(31)20-33-19-23-13-10-11-21(2)17-23/h8-14,17,25-26H,4-7,15-16,18-20H2,1-3H3,(H,29,32)/t26-/m0/s1. The Bertz CT molecular complexity index is 924. The molecule has 33 heavy (non-hydrogen) atoms. The maximum atomic E-state index is 13.4. The molecule has 2 aromatic rings. The van der Waals surface area contributed by atoms with E-state index in [1.165, 1.54) is 30.4 Å². The molecule has 4 nitrogen and oxygen atoms in total. The summed E-state index contributed by atoms with van der Waals surface area (Å²) in [4.78, 5) is 28.5. The molecule has 0 saturated heterocycles. The molecule has 5 heteroatoms. The van der Waals surface area contributed by atoms with Gasteiger partial charge in [-0.15, -0.1) is 11.8 Å².